The second kappa shape index (κ2) is 9.75. The van der Waals surface area contributed by atoms with Gasteiger partial charge in [0, 0.05) is 6.04 Å². The lowest BCUT2D eigenvalue weighted by molar-refractivity contribution is -0.129. The molecular weight excluding hydrogens is 356 g/mol. The number of amides is 1. The molecule has 1 aliphatic carbocycles. The summed E-state index contributed by atoms with van der Waals surface area (Å²) in [5.74, 6) is 0.452. The Balaban J connectivity index is 2.04. The topological polar surface area (TPSA) is 32.3 Å². The third-order valence-corrected chi connectivity index (χ3v) is 6.78. The number of hydrogen-bond acceptors (Lipinski definition) is 2. The highest BCUT2D eigenvalue weighted by Gasteiger charge is 2.44. The van der Waals surface area contributed by atoms with Gasteiger partial charge >= 0.3 is 0 Å². The van der Waals surface area contributed by atoms with Crippen LogP contribution in [0.3, 0.4) is 0 Å². The second-order valence-electron chi connectivity index (χ2n) is 9.37. The highest BCUT2D eigenvalue weighted by atomic mass is 16.2. The van der Waals surface area contributed by atoms with Crippen molar-refractivity contribution in [1.82, 2.24) is 10.2 Å². The van der Waals surface area contributed by atoms with Gasteiger partial charge in [0.05, 0.1) is 5.41 Å². The Morgan fingerprint density at radius 3 is 2.45 bits per heavy atom. The standard InChI is InChI=1S/C26H38N2O/c1-20(2)26(18-11-19-28(3)4,25(29)27-22-14-6-5-7-15-22)24-17-10-13-21-12-8-9-16-23(21)24/h8-10,12-13,16-17,20,22H,5-7,11,14-15,18-19H2,1-4H3,(H,27,29). The molecule has 3 rings (SSSR count). The maximum atomic E-state index is 14.0. The first-order valence-electron chi connectivity index (χ1n) is 11.4. The minimum atomic E-state index is -0.506. The Bertz CT molecular complexity index is 802. The first kappa shape index (κ1) is 21.8. The van der Waals surface area contributed by atoms with Crippen molar-refractivity contribution in [3.8, 4) is 0 Å². The molecule has 2 aromatic rings. The van der Waals surface area contributed by atoms with Crippen LogP contribution in [0.25, 0.3) is 10.8 Å². The van der Waals surface area contributed by atoms with Gasteiger partial charge in [-0.05, 0) is 68.6 Å². The minimum absolute atomic E-state index is 0.221. The fourth-order valence-electron chi connectivity index (χ4n) is 5.08. The normalized spacial score (nSPS) is 17.6. The zero-order valence-corrected chi connectivity index (χ0v) is 18.7. The first-order chi connectivity index (χ1) is 13.9. The number of carbonyl (C=O) groups excluding carboxylic acids is 1. The Morgan fingerprint density at radius 1 is 1.07 bits per heavy atom. The summed E-state index contributed by atoms with van der Waals surface area (Å²) in [4.78, 5) is 16.2. The molecule has 1 saturated carbocycles. The van der Waals surface area contributed by atoms with E-state index in [1.54, 1.807) is 0 Å². The summed E-state index contributed by atoms with van der Waals surface area (Å²) in [5, 5.41) is 5.92. The summed E-state index contributed by atoms with van der Waals surface area (Å²) in [6.45, 7) is 5.44. The van der Waals surface area contributed by atoms with E-state index in [9.17, 15) is 4.79 Å². The third kappa shape index (κ3) is 4.83. The molecule has 0 heterocycles. The van der Waals surface area contributed by atoms with Gasteiger partial charge in [0.25, 0.3) is 0 Å². The van der Waals surface area contributed by atoms with Crippen LogP contribution in [-0.4, -0.2) is 37.5 Å². The lowest BCUT2D eigenvalue weighted by Gasteiger charge is -2.39. The van der Waals surface area contributed by atoms with Crippen LogP contribution in [0.15, 0.2) is 42.5 Å². The van der Waals surface area contributed by atoms with Gasteiger partial charge in [0.1, 0.15) is 0 Å². The summed E-state index contributed by atoms with van der Waals surface area (Å²) in [6.07, 6.45) is 7.87. The van der Waals surface area contributed by atoms with E-state index in [1.807, 2.05) is 0 Å². The first-order valence-corrected chi connectivity index (χ1v) is 11.4. The summed E-state index contributed by atoms with van der Waals surface area (Å²) >= 11 is 0. The number of carbonyl (C=O) groups is 1. The zero-order valence-electron chi connectivity index (χ0n) is 18.7. The summed E-state index contributed by atoms with van der Waals surface area (Å²) < 4.78 is 0. The monoisotopic (exact) mass is 394 g/mol. The van der Waals surface area contributed by atoms with Gasteiger partial charge in [0.2, 0.25) is 5.91 Å². The van der Waals surface area contributed by atoms with Crippen LogP contribution in [0.1, 0.15) is 64.4 Å². The molecule has 0 spiro atoms. The molecule has 158 valence electrons. The maximum Gasteiger partial charge on any atom is 0.231 e. The van der Waals surface area contributed by atoms with Crippen molar-refractivity contribution >= 4 is 16.7 Å². The van der Waals surface area contributed by atoms with Crippen molar-refractivity contribution < 1.29 is 4.79 Å². The van der Waals surface area contributed by atoms with E-state index < -0.39 is 5.41 Å². The van der Waals surface area contributed by atoms with Crippen LogP contribution in [-0.2, 0) is 10.2 Å². The van der Waals surface area contributed by atoms with E-state index in [4.69, 9.17) is 0 Å². The van der Waals surface area contributed by atoms with Crippen LogP contribution in [0.2, 0.25) is 0 Å². The summed E-state index contributed by atoms with van der Waals surface area (Å²) in [5.41, 5.74) is 0.687. The molecule has 1 amide bonds. The molecule has 0 radical (unpaired) electrons. The van der Waals surface area contributed by atoms with Gasteiger partial charge in [-0.3, -0.25) is 4.79 Å². The fourth-order valence-corrected chi connectivity index (χ4v) is 5.08. The van der Waals surface area contributed by atoms with Gasteiger partial charge in [-0.15, -0.1) is 0 Å². The van der Waals surface area contributed by atoms with Crippen LogP contribution < -0.4 is 5.32 Å². The predicted molar refractivity (Wildman–Crippen MR) is 123 cm³/mol. The fraction of sp³-hybridized carbons (Fsp3) is 0.577. The average molecular weight is 395 g/mol. The van der Waals surface area contributed by atoms with Crippen molar-refractivity contribution in [3.63, 3.8) is 0 Å². The van der Waals surface area contributed by atoms with E-state index in [0.717, 1.165) is 32.2 Å². The van der Waals surface area contributed by atoms with Crippen LogP contribution >= 0.6 is 0 Å². The molecule has 1 N–H and O–H groups in total. The van der Waals surface area contributed by atoms with Gasteiger partial charge in [-0.25, -0.2) is 0 Å². The Kier molecular flexibility index (Phi) is 7.34. The highest BCUT2D eigenvalue weighted by molar-refractivity contribution is 5.96. The number of benzene rings is 2. The van der Waals surface area contributed by atoms with E-state index in [2.05, 4.69) is 80.6 Å². The molecule has 0 bridgehead atoms. The third-order valence-electron chi connectivity index (χ3n) is 6.78. The number of rotatable bonds is 8. The van der Waals surface area contributed by atoms with Crippen molar-refractivity contribution in [2.24, 2.45) is 5.92 Å². The van der Waals surface area contributed by atoms with Gasteiger partial charge < -0.3 is 10.2 Å². The molecular formula is C26H38N2O. The van der Waals surface area contributed by atoms with Crippen molar-refractivity contribution in [2.75, 3.05) is 20.6 Å². The van der Waals surface area contributed by atoms with Crippen molar-refractivity contribution in [3.05, 3.63) is 48.0 Å². The van der Waals surface area contributed by atoms with Crippen LogP contribution in [0.5, 0.6) is 0 Å². The predicted octanol–water partition coefficient (Wildman–Crippen LogP) is 5.52. The van der Waals surface area contributed by atoms with E-state index >= 15 is 0 Å². The zero-order chi connectivity index (χ0) is 20.9. The van der Waals surface area contributed by atoms with Gasteiger partial charge in [0.15, 0.2) is 0 Å². The Morgan fingerprint density at radius 2 is 1.76 bits per heavy atom. The molecule has 0 aliphatic heterocycles. The van der Waals surface area contributed by atoms with E-state index in [1.165, 1.54) is 35.6 Å². The largest absolute Gasteiger partial charge is 0.353 e. The smallest absolute Gasteiger partial charge is 0.231 e. The van der Waals surface area contributed by atoms with E-state index in [0.29, 0.717) is 6.04 Å². The molecule has 1 fully saturated rings. The van der Waals surface area contributed by atoms with E-state index in [-0.39, 0.29) is 11.8 Å². The summed E-state index contributed by atoms with van der Waals surface area (Å²) in [6, 6.07) is 15.3. The molecule has 1 atom stereocenters. The molecule has 0 aromatic heterocycles. The number of fused-ring (bicyclic) bond motifs is 1. The van der Waals surface area contributed by atoms with Crippen molar-refractivity contribution in [2.45, 2.75) is 70.3 Å². The maximum absolute atomic E-state index is 14.0. The van der Waals surface area contributed by atoms with Gasteiger partial charge in [-0.1, -0.05) is 75.6 Å². The molecule has 1 unspecified atom stereocenters. The second-order valence-corrected chi connectivity index (χ2v) is 9.37. The summed E-state index contributed by atoms with van der Waals surface area (Å²) in [7, 11) is 4.22. The molecule has 3 heteroatoms. The number of hydrogen-bond donors (Lipinski definition) is 1. The van der Waals surface area contributed by atoms with Crippen LogP contribution in [0, 0.1) is 5.92 Å². The van der Waals surface area contributed by atoms with Crippen LogP contribution in [0.4, 0.5) is 0 Å². The Labute approximate surface area is 176 Å². The molecule has 0 saturated heterocycles. The SMILES string of the molecule is CC(C)C(CCCN(C)C)(C(=O)NC1CCCCC1)c1cccc2ccccc12. The molecule has 3 nitrogen and oxygen atoms in total. The number of nitrogens with one attached hydrogen (secondary N) is 1. The highest BCUT2D eigenvalue weighted by Crippen LogP contribution is 2.41. The van der Waals surface area contributed by atoms with Gasteiger partial charge in [-0.2, -0.15) is 0 Å². The van der Waals surface area contributed by atoms with Crippen molar-refractivity contribution in [1.29, 1.82) is 0 Å². The molecule has 1 aliphatic rings. The Hall–Kier alpha value is -1.87. The minimum Gasteiger partial charge on any atom is -0.353 e. The molecule has 2 aromatic carbocycles. The lowest BCUT2D eigenvalue weighted by Crippen LogP contribution is -2.52. The lowest BCUT2D eigenvalue weighted by atomic mass is 9.66. The molecule has 29 heavy (non-hydrogen) atoms. The quantitative estimate of drug-likeness (QED) is 0.639. The average Bonchev–Trinajstić information content (AvgIpc) is 2.71. The number of nitrogens with zero attached hydrogens (tertiary/aromatic N) is 1.